The zero-order valence-electron chi connectivity index (χ0n) is 19.7. The first-order valence-corrected chi connectivity index (χ1v) is 11.6. The molecule has 7 nitrogen and oxygen atoms in total. The zero-order chi connectivity index (χ0) is 24.8. The number of nitrogens with zero attached hydrogens (tertiary/aromatic N) is 2. The van der Waals surface area contributed by atoms with Gasteiger partial charge in [0.1, 0.15) is 18.1 Å². The molecule has 9 heteroatoms. The number of ether oxygens (including phenoxy) is 3. The third kappa shape index (κ3) is 5.49. The van der Waals surface area contributed by atoms with Crippen molar-refractivity contribution in [3.8, 4) is 11.5 Å². The standard InChI is InChI=1S/C25H29Cl2N3O4/c1-15-23(28)20(8-9-30(15)25(31)19-6-5-7-21(33-4)22(19)27)24(29-2)16-12-17(26)14-18(13-16)34-11-10-32-3/h5-7,12-15H,8-11,28H2,1-4H3/t15-/m1/s1. The molecule has 0 saturated carbocycles. The highest BCUT2D eigenvalue weighted by Crippen LogP contribution is 2.32. The molecule has 1 amide bonds. The van der Waals surface area contributed by atoms with Crippen molar-refractivity contribution in [2.24, 2.45) is 10.7 Å². The molecule has 34 heavy (non-hydrogen) atoms. The summed E-state index contributed by atoms with van der Waals surface area (Å²) in [7, 11) is 4.84. The lowest BCUT2D eigenvalue weighted by molar-refractivity contribution is 0.0706. The summed E-state index contributed by atoms with van der Waals surface area (Å²) in [6.07, 6.45) is 0.530. The minimum atomic E-state index is -0.355. The van der Waals surface area contributed by atoms with E-state index in [2.05, 4.69) is 4.99 Å². The molecule has 1 heterocycles. The van der Waals surface area contributed by atoms with Crippen LogP contribution in [0, 0.1) is 0 Å². The second-order valence-corrected chi connectivity index (χ2v) is 8.58. The maximum Gasteiger partial charge on any atom is 0.256 e. The number of rotatable bonds is 8. The minimum Gasteiger partial charge on any atom is -0.495 e. The van der Waals surface area contributed by atoms with Gasteiger partial charge in [-0.3, -0.25) is 9.79 Å². The van der Waals surface area contributed by atoms with E-state index in [0.717, 1.165) is 16.8 Å². The minimum absolute atomic E-state index is 0.204. The number of aliphatic imine (C=N–C) groups is 1. The average molecular weight is 506 g/mol. The van der Waals surface area contributed by atoms with Crippen LogP contribution in [-0.2, 0) is 4.74 Å². The Morgan fingerprint density at radius 1 is 1.21 bits per heavy atom. The second kappa shape index (κ2) is 11.6. The molecule has 3 rings (SSSR count). The topological polar surface area (TPSA) is 86.4 Å². The van der Waals surface area contributed by atoms with Crippen LogP contribution in [-0.4, -0.2) is 63.6 Å². The maximum absolute atomic E-state index is 13.3. The van der Waals surface area contributed by atoms with Crippen molar-refractivity contribution in [2.75, 3.05) is 41.0 Å². The fourth-order valence-corrected chi connectivity index (χ4v) is 4.48. The summed E-state index contributed by atoms with van der Waals surface area (Å²) < 4.78 is 16.0. The molecule has 0 radical (unpaired) electrons. The first-order valence-electron chi connectivity index (χ1n) is 10.8. The summed E-state index contributed by atoms with van der Waals surface area (Å²) in [5.74, 6) is 0.865. The molecule has 0 aromatic heterocycles. The second-order valence-electron chi connectivity index (χ2n) is 7.77. The van der Waals surface area contributed by atoms with Gasteiger partial charge < -0.3 is 24.8 Å². The summed E-state index contributed by atoms with van der Waals surface area (Å²) in [5, 5.41) is 0.810. The highest BCUT2D eigenvalue weighted by atomic mass is 35.5. The van der Waals surface area contributed by atoms with E-state index in [-0.39, 0.29) is 17.0 Å². The predicted octanol–water partition coefficient (Wildman–Crippen LogP) is 4.59. The van der Waals surface area contributed by atoms with E-state index in [1.807, 2.05) is 19.1 Å². The molecule has 0 fully saturated rings. The van der Waals surface area contributed by atoms with Crippen molar-refractivity contribution >= 4 is 34.8 Å². The fourth-order valence-electron chi connectivity index (χ4n) is 3.98. The van der Waals surface area contributed by atoms with Crippen LogP contribution in [0.15, 0.2) is 52.7 Å². The Bertz CT molecular complexity index is 1120. The van der Waals surface area contributed by atoms with Gasteiger partial charge in [-0.2, -0.15) is 0 Å². The Morgan fingerprint density at radius 2 is 1.97 bits per heavy atom. The third-order valence-corrected chi connectivity index (χ3v) is 6.36. The molecular weight excluding hydrogens is 477 g/mol. The molecule has 2 aromatic rings. The summed E-state index contributed by atoms with van der Waals surface area (Å²) in [6, 6.07) is 10.2. The summed E-state index contributed by atoms with van der Waals surface area (Å²) in [4.78, 5) is 19.5. The third-order valence-electron chi connectivity index (χ3n) is 5.75. The largest absolute Gasteiger partial charge is 0.495 e. The first kappa shape index (κ1) is 25.9. The van der Waals surface area contributed by atoms with E-state index in [0.29, 0.717) is 54.0 Å². The highest BCUT2D eigenvalue weighted by molar-refractivity contribution is 6.35. The lowest BCUT2D eigenvalue weighted by Gasteiger charge is -2.36. The van der Waals surface area contributed by atoms with E-state index in [9.17, 15) is 4.79 Å². The molecule has 2 N–H and O–H groups in total. The van der Waals surface area contributed by atoms with Crippen LogP contribution in [0.4, 0.5) is 0 Å². The van der Waals surface area contributed by atoms with E-state index in [1.165, 1.54) is 7.11 Å². The smallest absolute Gasteiger partial charge is 0.256 e. The van der Waals surface area contributed by atoms with Gasteiger partial charge in [0.2, 0.25) is 0 Å². The van der Waals surface area contributed by atoms with Crippen molar-refractivity contribution in [1.82, 2.24) is 4.90 Å². The average Bonchev–Trinajstić information content (AvgIpc) is 2.82. The molecule has 0 saturated heterocycles. The quantitative estimate of drug-likeness (QED) is 0.418. The van der Waals surface area contributed by atoms with E-state index < -0.39 is 0 Å². The SMILES string of the molecule is CN=C(C1=C(N)[C@@H](C)N(C(=O)c2cccc(OC)c2Cl)CC1)c1cc(Cl)cc(OCCOC)c1. The predicted molar refractivity (Wildman–Crippen MR) is 136 cm³/mol. The lowest BCUT2D eigenvalue weighted by Crippen LogP contribution is -2.46. The summed E-state index contributed by atoms with van der Waals surface area (Å²) in [6.45, 7) is 3.22. The van der Waals surface area contributed by atoms with Crippen molar-refractivity contribution in [2.45, 2.75) is 19.4 Å². The van der Waals surface area contributed by atoms with Crippen LogP contribution in [0.5, 0.6) is 11.5 Å². The molecule has 1 atom stereocenters. The van der Waals surface area contributed by atoms with Crippen LogP contribution in [0.25, 0.3) is 0 Å². The van der Waals surface area contributed by atoms with Gasteiger partial charge in [0.25, 0.3) is 5.91 Å². The maximum atomic E-state index is 13.3. The number of benzene rings is 2. The van der Waals surface area contributed by atoms with E-state index >= 15 is 0 Å². The lowest BCUT2D eigenvalue weighted by atomic mass is 9.91. The fraction of sp³-hybridized carbons (Fsp3) is 0.360. The van der Waals surface area contributed by atoms with Crippen molar-refractivity contribution in [3.63, 3.8) is 0 Å². The number of hydrogen-bond acceptors (Lipinski definition) is 6. The van der Waals surface area contributed by atoms with Gasteiger partial charge in [-0.25, -0.2) is 0 Å². The number of carbonyl (C=O) groups excluding carboxylic acids is 1. The number of amides is 1. The van der Waals surface area contributed by atoms with Gasteiger partial charge in [-0.15, -0.1) is 0 Å². The van der Waals surface area contributed by atoms with Crippen LogP contribution >= 0.6 is 23.2 Å². The summed E-state index contributed by atoms with van der Waals surface area (Å²) >= 11 is 12.7. The number of carbonyl (C=O) groups is 1. The van der Waals surface area contributed by atoms with Gasteiger partial charge >= 0.3 is 0 Å². The summed E-state index contributed by atoms with van der Waals surface area (Å²) in [5.41, 5.74) is 9.91. The number of methoxy groups -OCH3 is 2. The molecule has 2 aromatic carbocycles. The van der Waals surface area contributed by atoms with E-state index in [1.54, 1.807) is 43.3 Å². The van der Waals surface area contributed by atoms with Gasteiger partial charge in [0, 0.05) is 42.6 Å². The van der Waals surface area contributed by atoms with E-state index in [4.69, 9.17) is 43.1 Å². The van der Waals surface area contributed by atoms with Gasteiger partial charge in [0.15, 0.2) is 0 Å². The molecule has 0 unspecified atom stereocenters. The molecule has 1 aliphatic rings. The zero-order valence-corrected chi connectivity index (χ0v) is 21.2. The Kier molecular flexibility index (Phi) is 8.83. The molecule has 0 aliphatic carbocycles. The van der Waals surface area contributed by atoms with Crippen LogP contribution < -0.4 is 15.2 Å². The van der Waals surface area contributed by atoms with Crippen molar-refractivity contribution in [3.05, 3.63) is 68.8 Å². The van der Waals surface area contributed by atoms with Gasteiger partial charge in [-0.1, -0.05) is 29.3 Å². The first-order chi connectivity index (χ1) is 16.3. The van der Waals surface area contributed by atoms with Crippen LogP contribution in [0.2, 0.25) is 10.0 Å². The molecule has 0 bridgehead atoms. The number of nitrogens with two attached hydrogens (primary N) is 1. The Hall–Kier alpha value is -2.74. The highest BCUT2D eigenvalue weighted by Gasteiger charge is 2.32. The van der Waals surface area contributed by atoms with Crippen LogP contribution in [0.3, 0.4) is 0 Å². The molecule has 0 spiro atoms. The van der Waals surface area contributed by atoms with Gasteiger partial charge in [0.05, 0.1) is 36.1 Å². The molecule has 1 aliphatic heterocycles. The Balaban J connectivity index is 1.90. The number of halogens is 2. The van der Waals surface area contributed by atoms with Crippen molar-refractivity contribution in [1.29, 1.82) is 0 Å². The normalized spacial score (nSPS) is 16.6. The van der Waals surface area contributed by atoms with Crippen LogP contribution in [0.1, 0.15) is 29.3 Å². The Morgan fingerprint density at radius 3 is 2.65 bits per heavy atom. The van der Waals surface area contributed by atoms with Gasteiger partial charge in [-0.05, 0) is 43.7 Å². The molecular formula is C25H29Cl2N3O4. The number of hydrogen-bond donors (Lipinski definition) is 1. The van der Waals surface area contributed by atoms with Crippen molar-refractivity contribution < 1.29 is 19.0 Å². The molecule has 182 valence electrons. The monoisotopic (exact) mass is 505 g/mol. The Labute approximate surface area is 210 Å².